The van der Waals surface area contributed by atoms with Crippen LogP contribution in [0.4, 0.5) is 0 Å². The first-order chi connectivity index (χ1) is 7.13. The van der Waals surface area contributed by atoms with Gasteiger partial charge in [0.1, 0.15) is 18.5 Å². The van der Waals surface area contributed by atoms with Gasteiger partial charge in [0.2, 0.25) is 0 Å². The van der Waals surface area contributed by atoms with E-state index < -0.39 is 0 Å². The second-order valence-corrected chi connectivity index (χ2v) is 3.71. The summed E-state index contributed by atoms with van der Waals surface area (Å²) in [6, 6.07) is 0. The Morgan fingerprint density at radius 2 is 2.33 bits per heavy atom. The van der Waals surface area contributed by atoms with Gasteiger partial charge in [0, 0.05) is 5.57 Å². The van der Waals surface area contributed by atoms with E-state index in [0.29, 0.717) is 24.2 Å². The highest BCUT2D eigenvalue weighted by Crippen LogP contribution is 2.36. The van der Waals surface area contributed by atoms with Gasteiger partial charge in [0.15, 0.2) is 17.8 Å². The van der Waals surface area contributed by atoms with Crippen molar-refractivity contribution in [1.29, 1.82) is 0 Å². The van der Waals surface area contributed by atoms with E-state index in [1.165, 1.54) is 6.92 Å². The van der Waals surface area contributed by atoms with Gasteiger partial charge in [-0.1, -0.05) is 0 Å². The van der Waals surface area contributed by atoms with Gasteiger partial charge < -0.3 is 9.47 Å². The molecule has 0 unspecified atom stereocenters. The number of Topliss-reactive ketones (excluding diaryl/α,β-unsaturated/α-hetero) is 1. The van der Waals surface area contributed by atoms with Gasteiger partial charge in [-0.2, -0.15) is 0 Å². The summed E-state index contributed by atoms with van der Waals surface area (Å²) in [7, 11) is 0. The molecule has 2 atom stereocenters. The quantitative estimate of drug-likeness (QED) is 0.635. The lowest BCUT2D eigenvalue weighted by molar-refractivity contribution is -0.114. The molecule has 0 spiro atoms. The molecule has 4 heteroatoms. The molecule has 80 valence electrons. The van der Waals surface area contributed by atoms with Crippen LogP contribution in [0.3, 0.4) is 0 Å². The van der Waals surface area contributed by atoms with Crippen molar-refractivity contribution in [3.05, 3.63) is 23.2 Å². The Bertz CT molecular complexity index is 378. The van der Waals surface area contributed by atoms with Crippen LogP contribution >= 0.6 is 0 Å². The summed E-state index contributed by atoms with van der Waals surface area (Å²) in [5.41, 5.74) is 0.655. The van der Waals surface area contributed by atoms with Crippen LogP contribution in [0.5, 0.6) is 0 Å². The molecule has 2 aliphatic rings. The fraction of sp³-hybridized carbons (Fsp3) is 0.455. The number of carbonyl (C=O) groups excluding carboxylic acids is 2. The van der Waals surface area contributed by atoms with E-state index >= 15 is 0 Å². The highest BCUT2D eigenvalue weighted by atomic mass is 16.5. The Labute approximate surface area is 87.5 Å². The molecule has 2 heterocycles. The topological polar surface area (TPSA) is 52.6 Å². The number of ether oxygens (including phenoxy) is 2. The Kier molecular flexibility index (Phi) is 2.34. The minimum Gasteiger partial charge on any atom is -0.490 e. The summed E-state index contributed by atoms with van der Waals surface area (Å²) in [5.74, 6) is 0.789. The molecule has 0 saturated heterocycles. The Morgan fingerprint density at radius 1 is 1.60 bits per heavy atom. The molecule has 0 saturated carbocycles. The number of hydrogen-bond acceptors (Lipinski definition) is 4. The summed E-state index contributed by atoms with van der Waals surface area (Å²) in [5, 5.41) is 0. The van der Waals surface area contributed by atoms with Crippen LogP contribution < -0.4 is 0 Å². The lowest BCUT2D eigenvalue weighted by atomic mass is 9.90. The molecule has 0 radical (unpaired) electrons. The number of carbonyl (C=O) groups is 2. The number of ketones is 1. The van der Waals surface area contributed by atoms with Gasteiger partial charge in [-0.25, -0.2) is 0 Å². The highest BCUT2D eigenvalue weighted by molar-refractivity contribution is 5.95. The Hall–Kier alpha value is -1.58. The van der Waals surface area contributed by atoms with Gasteiger partial charge in [-0.15, -0.1) is 0 Å². The number of aldehydes is 1. The van der Waals surface area contributed by atoms with Crippen molar-refractivity contribution >= 4 is 12.1 Å². The van der Waals surface area contributed by atoms with Gasteiger partial charge in [-0.05, 0) is 19.9 Å². The summed E-state index contributed by atoms with van der Waals surface area (Å²) < 4.78 is 10.7. The van der Waals surface area contributed by atoms with Gasteiger partial charge in [0.05, 0.1) is 5.92 Å². The molecule has 0 aliphatic carbocycles. The van der Waals surface area contributed by atoms with E-state index in [1.807, 2.05) is 0 Å². The third-order valence-electron chi connectivity index (χ3n) is 2.69. The maximum atomic E-state index is 11.4. The van der Waals surface area contributed by atoms with Gasteiger partial charge in [-0.3, -0.25) is 9.59 Å². The molecule has 0 N–H and O–H groups in total. The largest absolute Gasteiger partial charge is 0.490 e. The summed E-state index contributed by atoms with van der Waals surface area (Å²) >= 11 is 0. The average molecular weight is 208 g/mol. The highest BCUT2D eigenvalue weighted by Gasteiger charge is 2.39. The number of hydrogen-bond donors (Lipinski definition) is 0. The van der Waals surface area contributed by atoms with Gasteiger partial charge in [0.25, 0.3) is 0 Å². The second-order valence-electron chi connectivity index (χ2n) is 3.71. The third kappa shape index (κ3) is 1.56. The van der Waals surface area contributed by atoms with Crippen LogP contribution in [-0.2, 0) is 19.1 Å². The molecule has 0 aromatic rings. The molecule has 0 aromatic carbocycles. The number of fused-ring (bicyclic) bond motifs is 1. The van der Waals surface area contributed by atoms with Crippen LogP contribution in [0.25, 0.3) is 0 Å². The zero-order chi connectivity index (χ0) is 11.0. The van der Waals surface area contributed by atoms with Crippen LogP contribution in [0.2, 0.25) is 0 Å². The molecular weight excluding hydrogens is 196 g/mol. The predicted molar refractivity (Wildman–Crippen MR) is 51.8 cm³/mol. The molecule has 2 aliphatic heterocycles. The third-order valence-corrected chi connectivity index (χ3v) is 2.69. The Balaban J connectivity index is 2.36. The summed E-state index contributed by atoms with van der Waals surface area (Å²) in [4.78, 5) is 22.0. The average Bonchev–Trinajstić information content (AvgIpc) is 2.52. The van der Waals surface area contributed by atoms with Crippen molar-refractivity contribution in [2.75, 3.05) is 6.61 Å². The first kappa shape index (κ1) is 9.96. The lowest BCUT2D eigenvalue weighted by Gasteiger charge is -2.23. The molecule has 4 nitrogen and oxygen atoms in total. The van der Waals surface area contributed by atoms with E-state index in [2.05, 4.69) is 0 Å². The van der Waals surface area contributed by atoms with E-state index in [0.717, 1.165) is 0 Å². The first-order valence-corrected chi connectivity index (χ1v) is 4.81. The number of allylic oxidation sites excluding steroid dienone is 2. The summed E-state index contributed by atoms with van der Waals surface area (Å²) in [6.07, 6.45) is 2.16. The SMILES string of the molecule is CC(=O)C1=C(C)O[C@H]2COC(C=O)=C[C@@H]12. The van der Waals surface area contributed by atoms with E-state index in [9.17, 15) is 9.59 Å². The first-order valence-electron chi connectivity index (χ1n) is 4.81. The van der Waals surface area contributed by atoms with Crippen molar-refractivity contribution in [2.24, 2.45) is 5.92 Å². The van der Waals surface area contributed by atoms with Crippen molar-refractivity contribution in [1.82, 2.24) is 0 Å². The van der Waals surface area contributed by atoms with Crippen LogP contribution in [-0.4, -0.2) is 24.8 Å². The molecular formula is C11H12O4. The molecule has 0 aromatic heterocycles. The van der Waals surface area contributed by atoms with Crippen LogP contribution in [0.15, 0.2) is 23.2 Å². The standard InChI is InChI=1S/C11H12O4/c1-6(13)11-7(2)15-10-5-14-8(4-12)3-9(10)11/h3-4,9-10H,5H2,1-2H3/t9-,10+/m1/s1. The normalized spacial score (nSPS) is 28.8. The maximum absolute atomic E-state index is 11.4. The van der Waals surface area contributed by atoms with Crippen molar-refractivity contribution in [3.63, 3.8) is 0 Å². The second kappa shape index (κ2) is 3.53. The molecule has 0 fully saturated rings. The molecule has 2 rings (SSSR count). The molecule has 0 amide bonds. The Morgan fingerprint density at radius 3 is 2.93 bits per heavy atom. The molecule has 0 bridgehead atoms. The smallest absolute Gasteiger partial charge is 0.184 e. The van der Waals surface area contributed by atoms with Crippen molar-refractivity contribution in [2.45, 2.75) is 20.0 Å². The summed E-state index contributed by atoms with van der Waals surface area (Å²) in [6.45, 7) is 3.60. The van der Waals surface area contributed by atoms with Crippen molar-refractivity contribution < 1.29 is 19.1 Å². The fourth-order valence-corrected chi connectivity index (χ4v) is 2.07. The minimum absolute atomic E-state index is 0.0107. The van der Waals surface area contributed by atoms with Gasteiger partial charge >= 0.3 is 0 Å². The lowest BCUT2D eigenvalue weighted by Crippen LogP contribution is -2.29. The fourth-order valence-electron chi connectivity index (χ4n) is 2.07. The minimum atomic E-state index is -0.160. The van der Waals surface area contributed by atoms with Crippen molar-refractivity contribution in [3.8, 4) is 0 Å². The van der Waals surface area contributed by atoms with Crippen LogP contribution in [0.1, 0.15) is 13.8 Å². The van der Waals surface area contributed by atoms with Crippen LogP contribution in [0, 0.1) is 5.92 Å². The van der Waals surface area contributed by atoms with E-state index in [4.69, 9.17) is 9.47 Å². The number of rotatable bonds is 2. The van der Waals surface area contributed by atoms with E-state index in [-0.39, 0.29) is 23.6 Å². The zero-order valence-electron chi connectivity index (χ0n) is 8.65. The monoisotopic (exact) mass is 208 g/mol. The molecule has 15 heavy (non-hydrogen) atoms. The predicted octanol–water partition coefficient (Wildman–Crippen LogP) is 0.977. The maximum Gasteiger partial charge on any atom is 0.184 e. The van der Waals surface area contributed by atoms with E-state index in [1.54, 1.807) is 13.0 Å². The zero-order valence-corrected chi connectivity index (χ0v) is 8.65.